The van der Waals surface area contributed by atoms with Crippen molar-refractivity contribution < 1.29 is 9.90 Å². The average molecular weight is 179 g/mol. The number of hydrogen-bond donors (Lipinski definition) is 2. The van der Waals surface area contributed by atoms with Crippen molar-refractivity contribution in [2.45, 2.75) is 19.9 Å². The number of nitrogens with one attached hydrogen (secondary N) is 1. The predicted molar refractivity (Wildman–Crippen MR) is 51.9 cm³/mol. The van der Waals surface area contributed by atoms with E-state index in [1.54, 1.807) is 6.92 Å². The summed E-state index contributed by atoms with van der Waals surface area (Å²) in [6.07, 6.45) is 0. The summed E-state index contributed by atoms with van der Waals surface area (Å²) in [6, 6.07) is 7.08. The van der Waals surface area contributed by atoms with Crippen LogP contribution >= 0.6 is 0 Å². The number of carboxylic acids is 1. The van der Waals surface area contributed by atoms with Gasteiger partial charge in [-0.15, -0.1) is 0 Å². The first kappa shape index (κ1) is 9.58. The molecule has 0 aromatic heterocycles. The molecule has 0 aliphatic rings. The van der Waals surface area contributed by atoms with E-state index >= 15 is 0 Å². The van der Waals surface area contributed by atoms with Gasteiger partial charge in [-0.2, -0.15) is 0 Å². The van der Waals surface area contributed by atoms with E-state index in [1.165, 1.54) is 0 Å². The van der Waals surface area contributed by atoms with Crippen molar-refractivity contribution in [1.82, 2.24) is 0 Å². The van der Waals surface area contributed by atoms with Crippen molar-refractivity contribution in [3.8, 4) is 0 Å². The van der Waals surface area contributed by atoms with Gasteiger partial charge < -0.3 is 10.4 Å². The Bertz CT molecular complexity index is 310. The average Bonchev–Trinajstić information content (AvgIpc) is 2.04. The van der Waals surface area contributed by atoms with E-state index in [2.05, 4.69) is 5.32 Å². The molecule has 0 unspecified atom stereocenters. The first-order chi connectivity index (χ1) is 6.09. The van der Waals surface area contributed by atoms with Gasteiger partial charge in [-0.05, 0) is 31.5 Å². The van der Waals surface area contributed by atoms with Crippen molar-refractivity contribution in [3.63, 3.8) is 0 Å². The van der Waals surface area contributed by atoms with E-state index in [1.807, 2.05) is 31.2 Å². The van der Waals surface area contributed by atoms with Crippen LogP contribution in [-0.4, -0.2) is 17.1 Å². The van der Waals surface area contributed by atoms with Gasteiger partial charge in [-0.25, -0.2) is 0 Å². The summed E-state index contributed by atoms with van der Waals surface area (Å²) in [4.78, 5) is 10.5. The quantitative estimate of drug-likeness (QED) is 0.744. The molecule has 0 bridgehead atoms. The molecule has 0 aliphatic heterocycles. The number of aryl methyl sites for hydroxylation is 1. The first-order valence-electron chi connectivity index (χ1n) is 4.15. The highest BCUT2D eigenvalue weighted by Crippen LogP contribution is 2.10. The number of carbonyl (C=O) groups is 1. The van der Waals surface area contributed by atoms with Gasteiger partial charge in [0.25, 0.3) is 0 Å². The highest BCUT2D eigenvalue weighted by molar-refractivity contribution is 5.76. The van der Waals surface area contributed by atoms with E-state index in [4.69, 9.17) is 5.11 Å². The number of rotatable bonds is 3. The Hall–Kier alpha value is -1.51. The second-order valence-corrected chi connectivity index (χ2v) is 3.07. The van der Waals surface area contributed by atoms with Crippen LogP contribution in [0.5, 0.6) is 0 Å². The lowest BCUT2D eigenvalue weighted by Gasteiger charge is -2.10. The first-order valence-corrected chi connectivity index (χ1v) is 4.15. The van der Waals surface area contributed by atoms with Gasteiger partial charge in [0.05, 0.1) is 0 Å². The second kappa shape index (κ2) is 3.94. The second-order valence-electron chi connectivity index (χ2n) is 3.07. The van der Waals surface area contributed by atoms with Crippen molar-refractivity contribution >= 4 is 11.7 Å². The van der Waals surface area contributed by atoms with Gasteiger partial charge >= 0.3 is 5.97 Å². The number of benzene rings is 1. The molecule has 0 fully saturated rings. The molecule has 3 nitrogen and oxygen atoms in total. The highest BCUT2D eigenvalue weighted by atomic mass is 16.4. The summed E-state index contributed by atoms with van der Waals surface area (Å²) in [5.74, 6) is -0.846. The molecule has 0 heterocycles. The van der Waals surface area contributed by atoms with E-state index in [0.717, 1.165) is 11.3 Å². The van der Waals surface area contributed by atoms with Crippen LogP contribution in [0.1, 0.15) is 12.5 Å². The Morgan fingerprint density at radius 1 is 1.54 bits per heavy atom. The molecular formula is C10H13NO2. The summed E-state index contributed by atoms with van der Waals surface area (Å²) < 4.78 is 0. The fourth-order valence-corrected chi connectivity index (χ4v) is 1.05. The Morgan fingerprint density at radius 2 is 2.23 bits per heavy atom. The largest absolute Gasteiger partial charge is 0.480 e. The smallest absolute Gasteiger partial charge is 0.325 e. The van der Waals surface area contributed by atoms with Gasteiger partial charge in [0.15, 0.2) is 0 Å². The van der Waals surface area contributed by atoms with E-state index in [9.17, 15) is 4.79 Å². The third-order valence-electron chi connectivity index (χ3n) is 1.77. The van der Waals surface area contributed by atoms with Crippen molar-refractivity contribution in [3.05, 3.63) is 29.8 Å². The minimum atomic E-state index is -0.846. The van der Waals surface area contributed by atoms with Crippen molar-refractivity contribution in [2.24, 2.45) is 0 Å². The van der Waals surface area contributed by atoms with Gasteiger partial charge in [0, 0.05) is 5.69 Å². The van der Waals surface area contributed by atoms with Gasteiger partial charge in [-0.1, -0.05) is 12.1 Å². The molecule has 1 atom stereocenters. The highest BCUT2D eigenvalue weighted by Gasteiger charge is 2.09. The molecule has 0 aliphatic carbocycles. The third-order valence-corrected chi connectivity index (χ3v) is 1.77. The van der Waals surface area contributed by atoms with Crippen LogP contribution in [0.25, 0.3) is 0 Å². The van der Waals surface area contributed by atoms with Crippen LogP contribution in [0.3, 0.4) is 0 Å². The number of aliphatic carboxylic acids is 1. The summed E-state index contributed by atoms with van der Waals surface area (Å²) in [5, 5.41) is 11.5. The summed E-state index contributed by atoms with van der Waals surface area (Å²) in [6.45, 7) is 3.58. The standard InChI is InChI=1S/C10H13NO2/c1-7-4-3-5-9(6-7)11-8(2)10(12)13/h3-6,8,11H,1-2H3,(H,12,13)/t8-/m1/s1. The maximum Gasteiger partial charge on any atom is 0.325 e. The van der Waals surface area contributed by atoms with Gasteiger partial charge in [0.1, 0.15) is 6.04 Å². The van der Waals surface area contributed by atoms with Crippen molar-refractivity contribution in [2.75, 3.05) is 5.32 Å². The lowest BCUT2D eigenvalue weighted by atomic mass is 10.2. The summed E-state index contributed by atoms with van der Waals surface area (Å²) in [7, 11) is 0. The van der Waals surface area contributed by atoms with Gasteiger partial charge in [0.2, 0.25) is 0 Å². The minimum absolute atomic E-state index is 0.554. The maximum atomic E-state index is 10.5. The molecule has 0 saturated carbocycles. The molecule has 13 heavy (non-hydrogen) atoms. The van der Waals surface area contributed by atoms with E-state index < -0.39 is 12.0 Å². The monoisotopic (exact) mass is 179 g/mol. The molecule has 1 rings (SSSR count). The van der Waals surface area contributed by atoms with Crippen LogP contribution in [0.15, 0.2) is 24.3 Å². The molecule has 1 aromatic rings. The number of anilines is 1. The Balaban J connectivity index is 2.69. The normalized spacial score (nSPS) is 12.2. The predicted octanol–water partition coefficient (Wildman–Crippen LogP) is 1.88. The molecule has 0 saturated heterocycles. The molecule has 3 heteroatoms. The topological polar surface area (TPSA) is 49.3 Å². The molecule has 0 radical (unpaired) electrons. The zero-order chi connectivity index (χ0) is 9.84. The lowest BCUT2D eigenvalue weighted by Crippen LogP contribution is -2.25. The van der Waals surface area contributed by atoms with Crippen LogP contribution < -0.4 is 5.32 Å². The fraction of sp³-hybridized carbons (Fsp3) is 0.300. The molecule has 70 valence electrons. The molecule has 1 aromatic carbocycles. The number of carboxylic acid groups (broad SMARTS) is 1. The van der Waals surface area contributed by atoms with Crippen LogP contribution in [-0.2, 0) is 4.79 Å². The van der Waals surface area contributed by atoms with E-state index in [0.29, 0.717) is 0 Å². The van der Waals surface area contributed by atoms with E-state index in [-0.39, 0.29) is 0 Å². The zero-order valence-corrected chi connectivity index (χ0v) is 7.74. The maximum absolute atomic E-state index is 10.5. The van der Waals surface area contributed by atoms with Crippen molar-refractivity contribution in [1.29, 1.82) is 0 Å². The van der Waals surface area contributed by atoms with Crippen LogP contribution in [0, 0.1) is 6.92 Å². The fourth-order valence-electron chi connectivity index (χ4n) is 1.05. The molecule has 0 spiro atoms. The Morgan fingerprint density at radius 3 is 2.77 bits per heavy atom. The minimum Gasteiger partial charge on any atom is -0.480 e. The zero-order valence-electron chi connectivity index (χ0n) is 7.74. The SMILES string of the molecule is Cc1cccc(N[C@H](C)C(=O)O)c1. The lowest BCUT2D eigenvalue weighted by molar-refractivity contribution is -0.137. The Kier molecular flexibility index (Phi) is 2.90. The Labute approximate surface area is 77.4 Å². The molecule has 2 N–H and O–H groups in total. The van der Waals surface area contributed by atoms with Crippen LogP contribution in [0.4, 0.5) is 5.69 Å². The third kappa shape index (κ3) is 2.78. The van der Waals surface area contributed by atoms with Gasteiger partial charge in [-0.3, -0.25) is 4.79 Å². The number of hydrogen-bond acceptors (Lipinski definition) is 2. The summed E-state index contributed by atoms with van der Waals surface area (Å²) in [5.41, 5.74) is 1.96. The molecular weight excluding hydrogens is 166 g/mol. The van der Waals surface area contributed by atoms with Crippen LogP contribution in [0.2, 0.25) is 0 Å². The summed E-state index contributed by atoms with van der Waals surface area (Å²) >= 11 is 0. The molecule has 0 amide bonds.